The average Bonchev–Trinajstić information content (AvgIpc) is 3.20. The van der Waals surface area contributed by atoms with Gasteiger partial charge in [0, 0.05) is 25.0 Å². The lowest BCUT2D eigenvalue weighted by Crippen LogP contribution is -2.43. The first-order valence-electron chi connectivity index (χ1n) is 8.05. The Morgan fingerprint density at radius 1 is 1.35 bits per heavy atom. The third kappa shape index (κ3) is 4.18. The van der Waals surface area contributed by atoms with Crippen molar-refractivity contribution >= 4 is 5.91 Å². The molecule has 2 atom stereocenters. The zero-order valence-corrected chi connectivity index (χ0v) is 13.3. The average molecular weight is 313 g/mol. The van der Waals surface area contributed by atoms with Crippen LogP contribution in [0.3, 0.4) is 0 Å². The van der Waals surface area contributed by atoms with E-state index in [0.717, 1.165) is 25.2 Å². The predicted molar refractivity (Wildman–Crippen MR) is 88.4 cm³/mol. The zero-order valence-electron chi connectivity index (χ0n) is 13.3. The van der Waals surface area contributed by atoms with Gasteiger partial charge in [0.15, 0.2) is 0 Å². The van der Waals surface area contributed by atoms with Crippen LogP contribution in [0.2, 0.25) is 0 Å². The molecule has 1 aliphatic heterocycles. The second-order valence-corrected chi connectivity index (χ2v) is 5.97. The Morgan fingerprint density at radius 3 is 2.91 bits per heavy atom. The molecule has 1 saturated heterocycles. The molecule has 1 fully saturated rings. The third-order valence-corrected chi connectivity index (χ3v) is 4.12. The van der Waals surface area contributed by atoms with Crippen LogP contribution in [-0.4, -0.2) is 27.5 Å². The molecule has 1 aliphatic rings. The van der Waals surface area contributed by atoms with Crippen LogP contribution in [0, 0.1) is 0 Å². The second-order valence-electron chi connectivity index (χ2n) is 5.97. The van der Waals surface area contributed by atoms with Crippen LogP contribution < -0.4 is 16.2 Å². The molecule has 3 rings (SSSR count). The largest absolute Gasteiger partial charge is 0.347 e. The number of hydrogen-bond donors (Lipinski definition) is 3. The molecule has 2 unspecified atom stereocenters. The van der Waals surface area contributed by atoms with E-state index in [-0.39, 0.29) is 11.9 Å². The van der Waals surface area contributed by atoms with Gasteiger partial charge in [-0.1, -0.05) is 30.3 Å². The third-order valence-electron chi connectivity index (χ3n) is 4.12. The van der Waals surface area contributed by atoms with Crippen molar-refractivity contribution in [1.29, 1.82) is 0 Å². The number of imidazole rings is 1. The van der Waals surface area contributed by atoms with Crippen molar-refractivity contribution in [1.82, 2.24) is 25.7 Å². The number of benzene rings is 1. The minimum atomic E-state index is -0.169. The summed E-state index contributed by atoms with van der Waals surface area (Å²) in [6, 6.07) is 10.5. The van der Waals surface area contributed by atoms with E-state index in [1.807, 2.05) is 24.4 Å². The normalized spacial score (nSPS) is 20.6. The molecule has 1 aromatic carbocycles. The summed E-state index contributed by atoms with van der Waals surface area (Å²) in [6.07, 6.45) is 5.49. The van der Waals surface area contributed by atoms with Crippen molar-refractivity contribution in [2.45, 2.75) is 44.9 Å². The summed E-state index contributed by atoms with van der Waals surface area (Å²) < 4.78 is 2.09. The standard InChI is InChI=1S/C17H23N5O/c1-13-11-15(21-20-13)17(23)19-12-16-18-8-10-22(16)9-7-14-5-3-2-4-6-14/h2-6,8,10,13,15,20-21H,7,9,11-12H2,1H3,(H,19,23). The molecule has 0 bridgehead atoms. The molecule has 1 aromatic heterocycles. The fourth-order valence-electron chi connectivity index (χ4n) is 2.78. The molecule has 3 N–H and O–H groups in total. The summed E-state index contributed by atoms with van der Waals surface area (Å²) in [6.45, 7) is 3.36. The Morgan fingerprint density at radius 2 is 2.17 bits per heavy atom. The van der Waals surface area contributed by atoms with Crippen LogP contribution in [0.5, 0.6) is 0 Å². The number of carbonyl (C=O) groups excluding carboxylic acids is 1. The van der Waals surface area contributed by atoms with Gasteiger partial charge in [-0.3, -0.25) is 10.2 Å². The minimum Gasteiger partial charge on any atom is -0.347 e. The fraction of sp³-hybridized carbons (Fsp3) is 0.412. The highest BCUT2D eigenvalue weighted by atomic mass is 16.2. The van der Waals surface area contributed by atoms with Gasteiger partial charge in [-0.2, -0.15) is 0 Å². The number of aryl methyl sites for hydroxylation is 2. The van der Waals surface area contributed by atoms with Crippen molar-refractivity contribution in [2.24, 2.45) is 0 Å². The van der Waals surface area contributed by atoms with E-state index in [0.29, 0.717) is 12.6 Å². The van der Waals surface area contributed by atoms with Gasteiger partial charge < -0.3 is 9.88 Å². The van der Waals surface area contributed by atoms with E-state index >= 15 is 0 Å². The zero-order chi connectivity index (χ0) is 16.1. The van der Waals surface area contributed by atoms with Crippen LogP contribution >= 0.6 is 0 Å². The number of nitrogens with zero attached hydrogens (tertiary/aromatic N) is 2. The Kier molecular flexibility index (Phi) is 5.05. The summed E-state index contributed by atoms with van der Waals surface area (Å²) in [5.74, 6) is 0.896. The van der Waals surface area contributed by atoms with Crippen molar-refractivity contribution in [2.75, 3.05) is 0 Å². The molecule has 0 radical (unpaired) electrons. The molecule has 6 nitrogen and oxygen atoms in total. The van der Waals surface area contributed by atoms with Crippen LogP contribution in [-0.2, 0) is 24.3 Å². The molecular weight excluding hydrogens is 290 g/mol. The molecule has 1 amide bonds. The maximum atomic E-state index is 12.1. The Labute approximate surface area is 136 Å². The van der Waals surface area contributed by atoms with Gasteiger partial charge in [0.05, 0.1) is 6.54 Å². The van der Waals surface area contributed by atoms with Crippen molar-refractivity contribution < 1.29 is 4.79 Å². The first-order chi connectivity index (χ1) is 11.2. The molecule has 122 valence electrons. The maximum absolute atomic E-state index is 12.1. The molecule has 2 aromatic rings. The van der Waals surface area contributed by atoms with E-state index in [1.54, 1.807) is 6.20 Å². The monoisotopic (exact) mass is 313 g/mol. The summed E-state index contributed by atoms with van der Waals surface area (Å²) in [4.78, 5) is 16.5. The van der Waals surface area contributed by atoms with E-state index in [9.17, 15) is 4.79 Å². The SMILES string of the molecule is CC1CC(C(=O)NCc2nccn2CCc2ccccc2)NN1. The minimum absolute atomic E-state index is 0.0134. The van der Waals surface area contributed by atoms with Gasteiger partial charge in [0.2, 0.25) is 5.91 Å². The van der Waals surface area contributed by atoms with Gasteiger partial charge in [-0.15, -0.1) is 0 Å². The lowest BCUT2D eigenvalue weighted by molar-refractivity contribution is -0.123. The topological polar surface area (TPSA) is 71.0 Å². The summed E-state index contributed by atoms with van der Waals surface area (Å²) in [7, 11) is 0. The lowest BCUT2D eigenvalue weighted by Gasteiger charge is -2.12. The van der Waals surface area contributed by atoms with Crippen LogP contribution in [0.25, 0.3) is 0 Å². The van der Waals surface area contributed by atoms with E-state index in [1.165, 1.54) is 5.56 Å². The Balaban J connectivity index is 1.51. The number of hydrazine groups is 1. The Bertz CT molecular complexity index is 639. The molecule has 6 heteroatoms. The van der Waals surface area contributed by atoms with E-state index in [2.05, 4.69) is 44.8 Å². The highest BCUT2D eigenvalue weighted by Crippen LogP contribution is 2.06. The fourth-order valence-corrected chi connectivity index (χ4v) is 2.78. The molecule has 0 aliphatic carbocycles. The van der Waals surface area contributed by atoms with Gasteiger partial charge in [-0.05, 0) is 25.3 Å². The van der Waals surface area contributed by atoms with Crippen LogP contribution in [0.4, 0.5) is 0 Å². The highest BCUT2D eigenvalue weighted by Gasteiger charge is 2.26. The van der Waals surface area contributed by atoms with Crippen molar-refractivity contribution in [3.8, 4) is 0 Å². The van der Waals surface area contributed by atoms with E-state index in [4.69, 9.17) is 0 Å². The molecule has 0 saturated carbocycles. The number of aromatic nitrogens is 2. The highest BCUT2D eigenvalue weighted by molar-refractivity contribution is 5.81. The Hall–Kier alpha value is -2.18. The smallest absolute Gasteiger partial charge is 0.238 e. The number of rotatable bonds is 6. The first kappa shape index (κ1) is 15.7. The summed E-state index contributed by atoms with van der Waals surface area (Å²) in [5, 5.41) is 2.96. The van der Waals surface area contributed by atoms with Crippen LogP contribution in [0.1, 0.15) is 24.7 Å². The summed E-state index contributed by atoms with van der Waals surface area (Å²) in [5.41, 5.74) is 7.37. The quantitative estimate of drug-likeness (QED) is 0.744. The van der Waals surface area contributed by atoms with Gasteiger partial charge in [0.1, 0.15) is 11.9 Å². The van der Waals surface area contributed by atoms with Gasteiger partial charge in [0.25, 0.3) is 0 Å². The maximum Gasteiger partial charge on any atom is 0.238 e. The first-order valence-corrected chi connectivity index (χ1v) is 8.05. The second kappa shape index (κ2) is 7.39. The number of carbonyl (C=O) groups is 1. The van der Waals surface area contributed by atoms with Crippen molar-refractivity contribution in [3.05, 3.63) is 54.1 Å². The van der Waals surface area contributed by atoms with Gasteiger partial charge >= 0.3 is 0 Å². The molecule has 23 heavy (non-hydrogen) atoms. The van der Waals surface area contributed by atoms with E-state index < -0.39 is 0 Å². The summed E-state index contributed by atoms with van der Waals surface area (Å²) >= 11 is 0. The number of nitrogens with one attached hydrogen (secondary N) is 3. The van der Waals surface area contributed by atoms with Crippen molar-refractivity contribution in [3.63, 3.8) is 0 Å². The molecule has 2 heterocycles. The number of hydrogen-bond acceptors (Lipinski definition) is 4. The number of amides is 1. The molecular formula is C17H23N5O. The lowest BCUT2D eigenvalue weighted by atomic mass is 10.1. The predicted octanol–water partition coefficient (Wildman–Crippen LogP) is 0.997. The molecule has 0 spiro atoms. The van der Waals surface area contributed by atoms with Gasteiger partial charge in [-0.25, -0.2) is 10.4 Å². The van der Waals surface area contributed by atoms with Crippen LogP contribution in [0.15, 0.2) is 42.7 Å².